The van der Waals surface area contributed by atoms with Gasteiger partial charge in [-0.05, 0) is 42.5 Å². The molecule has 0 aliphatic carbocycles. The number of aliphatic carboxylic acids is 1. The van der Waals surface area contributed by atoms with Gasteiger partial charge in [-0.3, -0.25) is 9.59 Å². The molecule has 126 valence electrons. The van der Waals surface area contributed by atoms with E-state index in [1.54, 1.807) is 0 Å². The van der Waals surface area contributed by atoms with Gasteiger partial charge in [0.05, 0.1) is 5.92 Å². The number of benzene rings is 2. The number of hydrogen-bond donors (Lipinski definition) is 2. The van der Waals surface area contributed by atoms with E-state index in [0.29, 0.717) is 0 Å². The lowest BCUT2D eigenvalue weighted by molar-refractivity contribution is -0.144. The van der Waals surface area contributed by atoms with E-state index in [4.69, 9.17) is 0 Å². The molecule has 0 bridgehead atoms. The molecule has 0 fully saturated rings. The van der Waals surface area contributed by atoms with E-state index in [1.807, 2.05) is 69.3 Å². The highest BCUT2D eigenvalue weighted by molar-refractivity contribution is 5.94. The van der Waals surface area contributed by atoms with Crippen LogP contribution in [0.15, 0.2) is 48.5 Å². The molecule has 4 nitrogen and oxygen atoms in total. The largest absolute Gasteiger partial charge is 0.481 e. The van der Waals surface area contributed by atoms with Crippen molar-refractivity contribution in [1.29, 1.82) is 0 Å². The zero-order valence-electron chi connectivity index (χ0n) is 14.2. The number of carbonyl (C=O) groups excluding carboxylic acids is 1. The summed E-state index contributed by atoms with van der Waals surface area (Å²) in [5, 5.41) is 12.4. The average molecular weight is 325 g/mol. The van der Waals surface area contributed by atoms with Crippen LogP contribution in [-0.4, -0.2) is 17.0 Å². The Morgan fingerprint density at radius 3 is 2.38 bits per heavy atom. The van der Waals surface area contributed by atoms with Gasteiger partial charge in [-0.2, -0.15) is 0 Å². The number of rotatable bonds is 6. The Morgan fingerprint density at radius 2 is 1.75 bits per heavy atom. The minimum atomic E-state index is -0.956. The molecule has 2 aromatic carbocycles. The highest BCUT2D eigenvalue weighted by Gasteiger charge is 2.28. The first kappa shape index (κ1) is 17.7. The molecule has 0 saturated carbocycles. The molecule has 0 aliphatic heterocycles. The monoisotopic (exact) mass is 325 g/mol. The molecule has 24 heavy (non-hydrogen) atoms. The fourth-order valence-corrected chi connectivity index (χ4v) is 2.74. The number of carboxylic acid groups (broad SMARTS) is 1. The standard InChI is InChI=1S/C20H23NO3/c1-13-9-10-14(2)18(11-13)21-19(22)12-17(20(23)24)15(3)16-7-5-4-6-8-16/h4-11,15,17H,12H2,1-3H3,(H,21,22)(H,23,24)/t15-,17-/m0/s1. The van der Waals surface area contributed by atoms with Crippen LogP contribution in [0.4, 0.5) is 5.69 Å². The van der Waals surface area contributed by atoms with Crippen LogP contribution >= 0.6 is 0 Å². The van der Waals surface area contributed by atoms with Gasteiger partial charge in [0.25, 0.3) is 0 Å². The fourth-order valence-electron chi connectivity index (χ4n) is 2.74. The molecule has 4 heteroatoms. The minimum absolute atomic E-state index is 0.0568. The summed E-state index contributed by atoms with van der Waals surface area (Å²) in [6.45, 7) is 5.71. The van der Waals surface area contributed by atoms with Gasteiger partial charge in [-0.25, -0.2) is 0 Å². The number of carbonyl (C=O) groups is 2. The maximum atomic E-state index is 12.4. The Kier molecular flexibility index (Phi) is 5.74. The molecule has 0 unspecified atom stereocenters. The molecule has 2 aromatic rings. The zero-order valence-corrected chi connectivity index (χ0v) is 14.2. The topological polar surface area (TPSA) is 66.4 Å². The molecule has 0 aromatic heterocycles. The highest BCUT2D eigenvalue weighted by atomic mass is 16.4. The number of nitrogens with one attached hydrogen (secondary N) is 1. The van der Waals surface area contributed by atoms with Crippen molar-refractivity contribution in [3.63, 3.8) is 0 Å². The first-order valence-corrected chi connectivity index (χ1v) is 8.03. The predicted molar refractivity (Wildman–Crippen MR) is 95.1 cm³/mol. The maximum absolute atomic E-state index is 12.4. The van der Waals surface area contributed by atoms with Crippen LogP contribution in [-0.2, 0) is 9.59 Å². The van der Waals surface area contributed by atoms with E-state index >= 15 is 0 Å². The van der Waals surface area contributed by atoms with Crippen molar-refractivity contribution in [3.8, 4) is 0 Å². The number of carboxylic acids is 1. The van der Waals surface area contributed by atoms with Gasteiger partial charge in [-0.15, -0.1) is 0 Å². The maximum Gasteiger partial charge on any atom is 0.307 e. The van der Waals surface area contributed by atoms with Crippen molar-refractivity contribution >= 4 is 17.6 Å². The van der Waals surface area contributed by atoms with Gasteiger partial charge < -0.3 is 10.4 Å². The Balaban J connectivity index is 2.11. The highest BCUT2D eigenvalue weighted by Crippen LogP contribution is 2.28. The first-order chi connectivity index (χ1) is 11.4. The molecule has 0 radical (unpaired) electrons. The van der Waals surface area contributed by atoms with Crippen molar-refractivity contribution in [2.45, 2.75) is 33.1 Å². The number of anilines is 1. The Hall–Kier alpha value is -2.62. The second-order valence-corrected chi connectivity index (χ2v) is 6.21. The van der Waals surface area contributed by atoms with E-state index in [9.17, 15) is 14.7 Å². The van der Waals surface area contributed by atoms with Gasteiger partial charge in [0, 0.05) is 12.1 Å². The average Bonchev–Trinajstić information content (AvgIpc) is 2.56. The van der Waals surface area contributed by atoms with E-state index in [-0.39, 0.29) is 18.2 Å². The second-order valence-electron chi connectivity index (χ2n) is 6.21. The minimum Gasteiger partial charge on any atom is -0.481 e. The molecular weight excluding hydrogens is 302 g/mol. The summed E-state index contributed by atoms with van der Waals surface area (Å²) in [6.07, 6.45) is -0.0568. The van der Waals surface area contributed by atoms with Crippen LogP contribution in [0, 0.1) is 19.8 Å². The SMILES string of the molecule is Cc1ccc(C)c(NC(=O)C[C@H](C(=O)O)[C@@H](C)c2ccccc2)c1. The van der Waals surface area contributed by atoms with E-state index < -0.39 is 11.9 Å². The molecule has 2 N–H and O–H groups in total. The van der Waals surface area contributed by atoms with Crippen molar-refractivity contribution in [2.24, 2.45) is 5.92 Å². The summed E-state index contributed by atoms with van der Waals surface area (Å²) >= 11 is 0. The molecule has 0 spiro atoms. The molecule has 0 aliphatic rings. The lowest BCUT2D eigenvalue weighted by Crippen LogP contribution is -2.26. The van der Waals surface area contributed by atoms with Crippen LogP contribution < -0.4 is 5.32 Å². The Bertz CT molecular complexity index is 725. The fraction of sp³-hybridized carbons (Fsp3) is 0.300. The Morgan fingerprint density at radius 1 is 1.08 bits per heavy atom. The van der Waals surface area contributed by atoms with Crippen LogP contribution in [0.5, 0.6) is 0 Å². The first-order valence-electron chi connectivity index (χ1n) is 8.03. The van der Waals surface area contributed by atoms with Crippen LogP contribution in [0.2, 0.25) is 0 Å². The molecule has 2 atom stereocenters. The smallest absolute Gasteiger partial charge is 0.307 e. The van der Waals surface area contributed by atoms with Gasteiger partial charge in [0.2, 0.25) is 5.91 Å². The summed E-state index contributed by atoms with van der Waals surface area (Å²) in [6, 6.07) is 15.2. The van der Waals surface area contributed by atoms with Crippen LogP contribution in [0.25, 0.3) is 0 Å². The van der Waals surface area contributed by atoms with E-state index in [0.717, 1.165) is 22.4 Å². The summed E-state index contributed by atoms with van der Waals surface area (Å²) in [7, 11) is 0. The number of aryl methyl sites for hydroxylation is 2. The predicted octanol–water partition coefficient (Wildman–Crippen LogP) is 4.14. The quantitative estimate of drug-likeness (QED) is 0.839. The van der Waals surface area contributed by atoms with Gasteiger partial charge in [0.15, 0.2) is 0 Å². The third-order valence-corrected chi connectivity index (χ3v) is 4.32. The molecular formula is C20H23NO3. The van der Waals surface area contributed by atoms with E-state index in [2.05, 4.69) is 5.32 Å². The van der Waals surface area contributed by atoms with Crippen molar-refractivity contribution < 1.29 is 14.7 Å². The normalized spacial score (nSPS) is 13.1. The Labute approximate surface area is 142 Å². The molecule has 0 saturated heterocycles. The summed E-state index contributed by atoms with van der Waals surface area (Å²) in [4.78, 5) is 24.0. The zero-order chi connectivity index (χ0) is 17.7. The third kappa shape index (κ3) is 4.44. The summed E-state index contributed by atoms with van der Waals surface area (Å²) < 4.78 is 0. The lowest BCUT2D eigenvalue weighted by atomic mass is 9.85. The molecule has 1 amide bonds. The number of amides is 1. The molecule has 0 heterocycles. The van der Waals surface area contributed by atoms with E-state index in [1.165, 1.54) is 0 Å². The van der Waals surface area contributed by atoms with Crippen molar-refractivity contribution in [2.75, 3.05) is 5.32 Å². The third-order valence-electron chi connectivity index (χ3n) is 4.32. The van der Waals surface area contributed by atoms with Gasteiger partial charge in [0.1, 0.15) is 0 Å². The van der Waals surface area contributed by atoms with Gasteiger partial charge >= 0.3 is 5.97 Å². The molecule has 2 rings (SSSR count). The lowest BCUT2D eigenvalue weighted by Gasteiger charge is -2.20. The number of hydrogen-bond acceptors (Lipinski definition) is 2. The van der Waals surface area contributed by atoms with Gasteiger partial charge in [-0.1, -0.05) is 49.4 Å². The van der Waals surface area contributed by atoms with Crippen molar-refractivity contribution in [3.05, 3.63) is 65.2 Å². The van der Waals surface area contributed by atoms with Crippen LogP contribution in [0.1, 0.15) is 36.0 Å². The summed E-state index contributed by atoms with van der Waals surface area (Å²) in [5.41, 5.74) is 3.65. The summed E-state index contributed by atoms with van der Waals surface area (Å²) in [5.74, 6) is -2.24. The van der Waals surface area contributed by atoms with Crippen molar-refractivity contribution in [1.82, 2.24) is 0 Å². The second kappa shape index (κ2) is 7.77. The van der Waals surface area contributed by atoms with Crippen LogP contribution in [0.3, 0.4) is 0 Å².